The average molecular weight is 297 g/mol. The van der Waals surface area contributed by atoms with Crippen LogP contribution in [0.3, 0.4) is 0 Å². The zero-order valence-corrected chi connectivity index (χ0v) is 12.3. The Labute approximate surface area is 123 Å². The molecule has 4 N–H and O–H groups in total. The summed E-state index contributed by atoms with van der Waals surface area (Å²) in [5, 5.41) is 32.1. The van der Waals surface area contributed by atoms with Crippen molar-refractivity contribution in [2.45, 2.75) is 50.2 Å². The first-order chi connectivity index (χ1) is 9.90. The largest absolute Gasteiger partial charge is 0.396 e. The molecule has 0 unspecified atom stereocenters. The van der Waals surface area contributed by atoms with Gasteiger partial charge in [-0.25, -0.2) is 0 Å². The highest BCUT2D eigenvalue weighted by Crippen LogP contribution is 2.41. The average Bonchev–Trinajstić information content (AvgIpc) is 2.68. The maximum Gasteiger partial charge on any atom is 0.227 e. The lowest BCUT2D eigenvalue weighted by atomic mass is 9.71. The smallest absolute Gasteiger partial charge is 0.227 e. The van der Waals surface area contributed by atoms with Crippen LogP contribution in [0, 0.1) is 5.92 Å². The molecule has 0 spiro atoms. The summed E-state index contributed by atoms with van der Waals surface area (Å²) in [6.45, 7) is 0.444. The van der Waals surface area contributed by atoms with Crippen molar-refractivity contribution in [3.63, 3.8) is 0 Å². The Bertz CT molecular complexity index is 471. The summed E-state index contributed by atoms with van der Waals surface area (Å²) < 4.78 is 0. The van der Waals surface area contributed by atoms with Crippen molar-refractivity contribution in [3.05, 3.63) is 11.6 Å². The topological polar surface area (TPSA) is 107 Å². The number of hydrogen-bond acceptors (Lipinski definition) is 5. The highest BCUT2D eigenvalue weighted by atomic mass is 16.3. The van der Waals surface area contributed by atoms with Crippen LogP contribution in [0.4, 0.5) is 0 Å². The number of aliphatic hydroxyl groups excluding tert-OH is 2. The fraction of sp³-hybridized carbons (Fsp3) is 0.733. The molecule has 1 aliphatic heterocycles. The summed E-state index contributed by atoms with van der Waals surface area (Å²) in [6, 6.07) is 0. The van der Waals surface area contributed by atoms with Crippen LogP contribution < -0.4 is 5.32 Å². The summed E-state index contributed by atoms with van der Waals surface area (Å²) in [5.74, 6) is -1.83. The third kappa shape index (κ3) is 2.41. The third-order valence-corrected chi connectivity index (χ3v) is 4.82. The first kappa shape index (κ1) is 16.1. The standard InChI is InChI=1S/C15H23NO5/c1-14(21)11(7-8-17)13(20)16-15(14,9-18)12(19)10-5-3-2-4-6-10/h5,11,17-18,21H,2-4,6-9H2,1H3,(H,16,20)/t11-,14-,15+/m0/s1. The van der Waals surface area contributed by atoms with E-state index in [1.54, 1.807) is 0 Å². The first-order valence-electron chi connectivity index (χ1n) is 7.40. The lowest BCUT2D eigenvalue weighted by Crippen LogP contribution is -2.65. The lowest BCUT2D eigenvalue weighted by Gasteiger charge is -2.39. The van der Waals surface area contributed by atoms with Gasteiger partial charge in [-0.05, 0) is 44.6 Å². The number of hydrogen-bond donors (Lipinski definition) is 4. The number of nitrogens with one attached hydrogen (secondary N) is 1. The Morgan fingerprint density at radius 3 is 2.67 bits per heavy atom. The van der Waals surface area contributed by atoms with Gasteiger partial charge in [0.05, 0.1) is 12.5 Å². The number of Topliss-reactive ketones (excluding diaryl/α,β-unsaturated/α-hetero) is 1. The van der Waals surface area contributed by atoms with Gasteiger partial charge in [-0.2, -0.15) is 0 Å². The Balaban J connectivity index is 2.39. The molecule has 1 saturated heterocycles. The van der Waals surface area contributed by atoms with E-state index >= 15 is 0 Å². The Morgan fingerprint density at radius 2 is 2.14 bits per heavy atom. The summed E-state index contributed by atoms with van der Waals surface area (Å²) in [5.41, 5.74) is -2.90. The molecular weight excluding hydrogens is 274 g/mol. The Morgan fingerprint density at radius 1 is 1.43 bits per heavy atom. The highest BCUT2D eigenvalue weighted by Gasteiger charge is 2.64. The third-order valence-electron chi connectivity index (χ3n) is 4.82. The monoisotopic (exact) mass is 297 g/mol. The van der Waals surface area contributed by atoms with E-state index in [9.17, 15) is 19.8 Å². The molecule has 0 aromatic rings. The maximum absolute atomic E-state index is 12.8. The number of ketones is 1. The molecule has 3 atom stereocenters. The number of rotatable bonds is 5. The fourth-order valence-electron chi connectivity index (χ4n) is 3.39. The van der Waals surface area contributed by atoms with Crippen molar-refractivity contribution < 1.29 is 24.9 Å². The molecule has 1 fully saturated rings. The first-order valence-corrected chi connectivity index (χ1v) is 7.40. The molecule has 1 amide bonds. The predicted octanol–water partition coefficient (Wildman–Crippen LogP) is -0.334. The molecule has 0 aromatic carbocycles. The van der Waals surface area contributed by atoms with Gasteiger partial charge >= 0.3 is 0 Å². The summed E-state index contributed by atoms with van der Waals surface area (Å²) in [7, 11) is 0. The number of allylic oxidation sites excluding steroid dienone is 1. The van der Waals surface area contributed by atoms with Crippen molar-refractivity contribution in [1.82, 2.24) is 5.32 Å². The summed E-state index contributed by atoms with van der Waals surface area (Å²) in [4.78, 5) is 24.9. The Kier molecular flexibility index (Phi) is 4.51. The molecule has 0 aromatic heterocycles. The molecule has 0 saturated carbocycles. The minimum atomic E-state index is -1.74. The molecule has 2 aliphatic rings. The number of amides is 1. The molecule has 1 heterocycles. The Hall–Kier alpha value is -1.24. The summed E-state index contributed by atoms with van der Waals surface area (Å²) >= 11 is 0. The van der Waals surface area contributed by atoms with Crippen LogP contribution in [-0.2, 0) is 9.59 Å². The van der Waals surface area contributed by atoms with Crippen molar-refractivity contribution >= 4 is 11.7 Å². The maximum atomic E-state index is 12.8. The van der Waals surface area contributed by atoms with Crippen LogP contribution in [-0.4, -0.2) is 51.4 Å². The fourth-order valence-corrected chi connectivity index (χ4v) is 3.39. The molecule has 6 heteroatoms. The van der Waals surface area contributed by atoms with Crippen LogP contribution in [0.15, 0.2) is 11.6 Å². The van der Waals surface area contributed by atoms with Gasteiger partial charge in [0, 0.05) is 6.61 Å². The van der Waals surface area contributed by atoms with E-state index in [0.29, 0.717) is 12.0 Å². The van der Waals surface area contributed by atoms with Crippen LogP contribution >= 0.6 is 0 Å². The van der Waals surface area contributed by atoms with Gasteiger partial charge in [0.2, 0.25) is 5.91 Å². The number of aliphatic hydroxyl groups is 3. The quantitative estimate of drug-likeness (QED) is 0.556. The van der Waals surface area contributed by atoms with E-state index in [4.69, 9.17) is 5.11 Å². The van der Waals surface area contributed by atoms with E-state index in [0.717, 1.165) is 19.3 Å². The van der Waals surface area contributed by atoms with Gasteiger partial charge in [0.25, 0.3) is 0 Å². The van der Waals surface area contributed by atoms with Gasteiger partial charge in [-0.3, -0.25) is 9.59 Å². The van der Waals surface area contributed by atoms with Gasteiger partial charge in [0.15, 0.2) is 11.3 Å². The van der Waals surface area contributed by atoms with Crippen LogP contribution in [0.1, 0.15) is 39.0 Å². The number of carbonyl (C=O) groups is 2. The van der Waals surface area contributed by atoms with Gasteiger partial charge in [-0.1, -0.05) is 6.08 Å². The zero-order chi connectivity index (χ0) is 15.7. The minimum Gasteiger partial charge on any atom is -0.396 e. The van der Waals surface area contributed by atoms with Crippen molar-refractivity contribution in [1.29, 1.82) is 0 Å². The molecule has 0 bridgehead atoms. The van der Waals surface area contributed by atoms with Crippen molar-refractivity contribution in [2.75, 3.05) is 13.2 Å². The second-order valence-corrected chi connectivity index (χ2v) is 6.07. The normalized spacial score (nSPS) is 36.3. The molecule has 21 heavy (non-hydrogen) atoms. The minimum absolute atomic E-state index is 0.0485. The molecule has 2 rings (SSSR count). The van der Waals surface area contributed by atoms with Gasteiger partial charge in [-0.15, -0.1) is 0 Å². The predicted molar refractivity (Wildman–Crippen MR) is 75.3 cm³/mol. The van der Waals surface area contributed by atoms with E-state index in [1.807, 2.05) is 6.08 Å². The zero-order valence-electron chi connectivity index (χ0n) is 12.3. The van der Waals surface area contributed by atoms with Gasteiger partial charge < -0.3 is 20.6 Å². The second-order valence-electron chi connectivity index (χ2n) is 6.07. The SMILES string of the molecule is C[C@]1(O)[C@@H](CCO)C(=O)N[C@]1(CO)C(=O)C1=CCCCC1. The molecule has 118 valence electrons. The lowest BCUT2D eigenvalue weighted by molar-refractivity contribution is -0.136. The van der Waals surface area contributed by atoms with E-state index < -0.39 is 35.4 Å². The summed E-state index contributed by atoms with van der Waals surface area (Å²) in [6.07, 6.45) is 5.15. The van der Waals surface area contributed by atoms with Crippen LogP contribution in [0.5, 0.6) is 0 Å². The van der Waals surface area contributed by atoms with Gasteiger partial charge in [0.1, 0.15) is 5.60 Å². The van der Waals surface area contributed by atoms with Crippen LogP contribution in [0.25, 0.3) is 0 Å². The van der Waals surface area contributed by atoms with E-state index in [1.165, 1.54) is 6.92 Å². The highest BCUT2D eigenvalue weighted by molar-refractivity contribution is 6.08. The van der Waals surface area contributed by atoms with Crippen molar-refractivity contribution in [2.24, 2.45) is 5.92 Å². The van der Waals surface area contributed by atoms with Crippen LogP contribution in [0.2, 0.25) is 0 Å². The van der Waals surface area contributed by atoms with E-state index in [-0.39, 0.29) is 13.0 Å². The molecule has 0 radical (unpaired) electrons. The second kappa shape index (κ2) is 5.87. The number of carbonyl (C=O) groups excluding carboxylic acids is 2. The molecule has 1 aliphatic carbocycles. The molecule has 6 nitrogen and oxygen atoms in total. The van der Waals surface area contributed by atoms with Crippen molar-refractivity contribution in [3.8, 4) is 0 Å². The molecular formula is C15H23NO5. The van der Waals surface area contributed by atoms with E-state index in [2.05, 4.69) is 5.32 Å².